The molecule has 1 atom stereocenters. The van der Waals surface area contributed by atoms with Gasteiger partial charge in [0.05, 0.1) is 6.07 Å². The van der Waals surface area contributed by atoms with Crippen LogP contribution in [0.2, 0.25) is 0 Å². The lowest BCUT2D eigenvalue weighted by molar-refractivity contribution is -0.125. The van der Waals surface area contributed by atoms with Crippen molar-refractivity contribution >= 4 is 5.91 Å². The molecule has 3 nitrogen and oxygen atoms in total. The molecule has 0 radical (unpaired) electrons. The van der Waals surface area contributed by atoms with Gasteiger partial charge in [-0.05, 0) is 19.3 Å². The number of hydrogen-bond acceptors (Lipinski definition) is 2. The average molecular weight is 180 g/mol. The smallest absolute Gasteiger partial charge is 0.224 e. The second kappa shape index (κ2) is 4.86. The Hall–Kier alpha value is -1.04. The lowest BCUT2D eigenvalue weighted by Gasteiger charge is -2.12. The third kappa shape index (κ3) is 2.73. The largest absolute Gasteiger partial charge is 0.340 e. The summed E-state index contributed by atoms with van der Waals surface area (Å²) in [5.41, 5.74) is 0. The topological polar surface area (TPSA) is 52.9 Å². The normalized spacial score (nSPS) is 19.4. The van der Waals surface area contributed by atoms with Gasteiger partial charge in [-0.25, -0.2) is 0 Å². The minimum absolute atomic E-state index is 0.0749. The number of rotatable bonds is 3. The zero-order chi connectivity index (χ0) is 9.68. The van der Waals surface area contributed by atoms with Crippen LogP contribution in [-0.4, -0.2) is 11.9 Å². The Morgan fingerprint density at radius 2 is 2.23 bits per heavy atom. The van der Waals surface area contributed by atoms with E-state index >= 15 is 0 Å². The number of nitrogens with zero attached hydrogens (tertiary/aromatic N) is 1. The molecule has 0 heterocycles. The summed E-state index contributed by atoms with van der Waals surface area (Å²) in [7, 11) is 0. The van der Waals surface area contributed by atoms with Crippen molar-refractivity contribution in [1.29, 1.82) is 5.26 Å². The van der Waals surface area contributed by atoms with E-state index < -0.39 is 0 Å². The highest BCUT2D eigenvalue weighted by Gasteiger charge is 2.23. The van der Waals surface area contributed by atoms with Crippen LogP contribution in [0.1, 0.15) is 39.0 Å². The van der Waals surface area contributed by atoms with Gasteiger partial charge in [0.15, 0.2) is 0 Å². The highest BCUT2D eigenvalue weighted by Crippen LogP contribution is 2.24. The van der Waals surface area contributed by atoms with Crippen LogP contribution in [0.5, 0.6) is 0 Å². The molecule has 0 bridgehead atoms. The van der Waals surface area contributed by atoms with Crippen LogP contribution in [0, 0.1) is 17.2 Å². The Morgan fingerprint density at radius 3 is 2.69 bits per heavy atom. The molecule has 1 aliphatic rings. The zero-order valence-electron chi connectivity index (χ0n) is 8.05. The molecular weight excluding hydrogens is 164 g/mol. The summed E-state index contributed by atoms with van der Waals surface area (Å²) in [5, 5.41) is 11.4. The second-order valence-electron chi connectivity index (χ2n) is 3.58. The highest BCUT2D eigenvalue weighted by atomic mass is 16.1. The molecule has 0 saturated heterocycles. The van der Waals surface area contributed by atoms with Crippen LogP contribution in [0.4, 0.5) is 0 Å². The summed E-state index contributed by atoms with van der Waals surface area (Å²) >= 11 is 0. The number of hydrogen-bond donors (Lipinski definition) is 1. The van der Waals surface area contributed by atoms with Gasteiger partial charge in [-0.1, -0.05) is 19.8 Å². The maximum atomic E-state index is 11.5. The first kappa shape index (κ1) is 10.0. The summed E-state index contributed by atoms with van der Waals surface area (Å²) in [6.07, 6.45) is 4.99. The third-order valence-corrected chi connectivity index (χ3v) is 2.61. The fourth-order valence-corrected chi connectivity index (χ4v) is 1.70. The Bertz CT molecular complexity index is 213. The van der Waals surface area contributed by atoms with Gasteiger partial charge in [-0.2, -0.15) is 5.26 Å². The Morgan fingerprint density at radius 1 is 1.62 bits per heavy atom. The Balaban J connectivity index is 2.35. The van der Waals surface area contributed by atoms with Crippen molar-refractivity contribution in [2.75, 3.05) is 0 Å². The molecular formula is C10H16N2O. The number of carbonyl (C=O) groups is 1. The van der Waals surface area contributed by atoms with Gasteiger partial charge >= 0.3 is 0 Å². The molecule has 1 unspecified atom stereocenters. The van der Waals surface area contributed by atoms with Gasteiger partial charge in [-0.3, -0.25) is 4.79 Å². The first-order valence-electron chi connectivity index (χ1n) is 4.98. The monoisotopic (exact) mass is 180 g/mol. The molecule has 1 aliphatic carbocycles. The van der Waals surface area contributed by atoms with E-state index in [0.29, 0.717) is 6.42 Å². The molecule has 0 aliphatic heterocycles. The lowest BCUT2D eigenvalue weighted by Crippen LogP contribution is -2.36. The molecule has 1 saturated carbocycles. The van der Waals surface area contributed by atoms with Gasteiger partial charge in [0, 0.05) is 5.92 Å². The fourth-order valence-electron chi connectivity index (χ4n) is 1.70. The van der Waals surface area contributed by atoms with Crippen molar-refractivity contribution in [1.82, 2.24) is 5.32 Å². The summed E-state index contributed by atoms with van der Waals surface area (Å²) in [6, 6.07) is 1.78. The summed E-state index contributed by atoms with van der Waals surface area (Å²) in [5.74, 6) is 0.244. The molecule has 1 rings (SSSR count). The Labute approximate surface area is 79.1 Å². The molecule has 0 aromatic rings. The van der Waals surface area contributed by atoms with Crippen LogP contribution >= 0.6 is 0 Å². The number of nitrogens with one attached hydrogen (secondary N) is 1. The summed E-state index contributed by atoms with van der Waals surface area (Å²) < 4.78 is 0. The molecule has 3 heteroatoms. The molecule has 13 heavy (non-hydrogen) atoms. The predicted octanol–water partition coefficient (Wildman–Crippen LogP) is 1.59. The fraction of sp³-hybridized carbons (Fsp3) is 0.800. The van der Waals surface area contributed by atoms with E-state index in [0.717, 1.165) is 25.7 Å². The van der Waals surface area contributed by atoms with Crippen molar-refractivity contribution in [2.45, 2.75) is 45.1 Å². The van der Waals surface area contributed by atoms with E-state index in [1.165, 1.54) is 0 Å². The third-order valence-electron chi connectivity index (χ3n) is 2.61. The van der Waals surface area contributed by atoms with Gasteiger partial charge in [0.2, 0.25) is 5.91 Å². The first-order chi connectivity index (χ1) is 6.27. The van der Waals surface area contributed by atoms with E-state index in [1.807, 2.05) is 6.92 Å². The van der Waals surface area contributed by atoms with E-state index in [4.69, 9.17) is 5.26 Å². The van der Waals surface area contributed by atoms with E-state index in [2.05, 4.69) is 11.4 Å². The number of amides is 1. The minimum Gasteiger partial charge on any atom is -0.340 e. The van der Waals surface area contributed by atoms with Crippen molar-refractivity contribution in [3.8, 4) is 6.07 Å². The molecule has 1 fully saturated rings. The van der Waals surface area contributed by atoms with Crippen LogP contribution in [-0.2, 0) is 4.79 Å². The van der Waals surface area contributed by atoms with Crippen molar-refractivity contribution in [2.24, 2.45) is 5.92 Å². The standard InChI is InChI=1S/C10H16N2O/c1-2-9(7-11)12-10(13)8-5-3-4-6-8/h8-9H,2-6H2,1H3,(H,12,13). The van der Waals surface area contributed by atoms with Crippen molar-refractivity contribution in [3.63, 3.8) is 0 Å². The average Bonchev–Trinajstić information content (AvgIpc) is 2.66. The maximum Gasteiger partial charge on any atom is 0.224 e. The SMILES string of the molecule is CCC(C#N)NC(=O)C1CCCC1. The van der Waals surface area contributed by atoms with Crippen molar-refractivity contribution < 1.29 is 4.79 Å². The summed E-state index contributed by atoms with van der Waals surface area (Å²) in [4.78, 5) is 11.5. The predicted molar refractivity (Wildman–Crippen MR) is 49.8 cm³/mol. The van der Waals surface area contributed by atoms with E-state index in [-0.39, 0.29) is 17.9 Å². The van der Waals surface area contributed by atoms with Crippen LogP contribution < -0.4 is 5.32 Å². The van der Waals surface area contributed by atoms with E-state index in [1.54, 1.807) is 0 Å². The quantitative estimate of drug-likeness (QED) is 0.717. The minimum atomic E-state index is -0.298. The van der Waals surface area contributed by atoms with Crippen LogP contribution in [0.15, 0.2) is 0 Å². The van der Waals surface area contributed by atoms with Gasteiger partial charge < -0.3 is 5.32 Å². The van der Waals surface area contributed by atoms with Crippen molar-refractivity contribution in [3.05, 3.63) is 0 Å². The molecule has 1 amide bonds. The molecule has 0 spiro atoms. The molecule has 0 aromatic carbocycles. The molecule has 0 aromatic heterocycles. The summed E-state index contributed by atoms with van der Waals surface area (Å²) in [6.45, 7) is 1.91. The Kier molecular flexibility index (Phi) is 3.75. The van der Waals surface area contributed by atoms with Gasteiger partial charge in [0.25, 0.3) is 0 Å². The number of nitriles is 1. The number of carbonyl (C=O) groups excluding carboxylic acids is 1. The zero-order valence-corrected chi connectivity index (χ0v) is 8.05. The first-order valence-corrected chi connectivity index (χ1v) is 4.98. The van der Waals surface area contributed by atoms with Gasteiger partial charge in [-0.15, -0.1) is 0 Å². The highest BCUT2D eigenvalue weighted by molar-refractivity contribution is 5.79. The lowest BCUT2D eigenvalue weighted by atomic mass is 10.1. The van der Waals surface area contributed by atoms with Crippen LogP contribution in [0.25, 0.3) is 0 Å². The molecule has 1 N–H and O–H groups in total. The van der Waals surface area contributed by atoms with E-state index in [9.17, 15) is 4.79 Å². The van der Waals surface area contributed by atoms with Gasteiger partial charge in [0.1, 0.15) is 6.04 Å². The second-order valence-corrected chi connectivity index (χ2v) is 3.58. The molecule has 72 valence electrons. The van der Waals surface area contributed by atoms with Crippen LogP contribution in [0.3, 0.4) is 0 Å². The maximum absolute atomic E-state index is 11.5.